The number of tetrazole rings is 1. The van der Waals surface area contributed by atoms with E-state index in [4.69, 9.17) is 0 Å². The molecular weight excluding hydrogens is 328 g/mol. The molecule has 25 heavy (non-hydrogen) atoms. The average molecular weight is 343 g/mol. The van der Waals surface area contributed by atoms with Gasteiger partial charge in [0.05, 0.1) is 12.2 Å². The van der Waals surface area contributed by atoms with Crippen LogP contribution in [0.15, 0.2) is 48.8 Å². The molecule has 128 valence electrons. The maximum Gasteiger partial charge on any atom is 0.254 e. The lowest BCUT2D eigenvalue weighted by atomic mass is 10.1. The largest absolute Gasteiger partial charge is 0.334 e. The molecule has 3 aromatic rings. The zero-order chi connectivity index (χ0) is 17.8. The third-order valence-electron chi connectivity index (χ3n) is 3.79. The van der Waals surface area contributed by atoms with Gasteiger partial charge in [-0.1, -0.05) is 12.1 Å². The van der Waals surface area contributed by atoms with Gasteiger partial charge in [-0.25, -0.2) is 13.5 Å². The fourth-order valence-corrected chi connectivity index (χ4v) is 2.45. The van der Waals surface area contributed by atoms with Crippen LogP contribution in [0.2, 0.25) is 0 Å². The highest BCUT2D eigenvalue weighted by Gasteiger charge is 2.19. The molecule has 1 heterocycles. The number of halogens is 2. The van der Waals surface area contributed by atoms with Gasteiger partial charge in [-0.15, -0.1) is 5.10 Å². The van der Waals surface area contributed by atoms with Gasteiger partial charge in [0, 0.05) is 17.7 Å². The monoisotopic (exact) mass is 343 g/mol. The minimum Gasteiger partial charge on any atom is -0.334 e. The Morgan fingerprint density at radius 2 is 1.88 bits per heavy atom. The number of benzene rings is 2. The van der Waals surface area contributed by atoms with Crippen molar-refractivity contribution in [2.75, 3.05) is 6.54 Å². The molecule has 0 saturated carbocycles. The van der Waals surface area contributed by atoms with E-state index in [0.717, 1.165) is 0 Å². The number of amides is 1. The Morgan fingerprint density at radius 3 is 2.52 bits per heavy atom. The lowest BCUT2D eigenvalue weighted by molar-refractivity contribution is 0.0749. The van der Waals surface area contributed by atoms with E-state index in [-0.39, 0.29) is 18.0 Å². The first-order chi connectivity index (χ1) is 12.1. The Morgan fingerprint density at radius 1 is 1.16 bits per heavy atom. The molecule has 0 radical (unpaired) electrons. The quantitative estimate of drug-likeness (QED) is 0.714. The minimum absolute atomic E-state index is 0.130. The lowest BCUT2D eigenvalue weighted by Gasteiger charge is -2.22. The number of hydrogen-bond donors (Lipinski definition) is 0. The molecule has 0 atom stereocenters. The van der Waals surface area contributed by atoms with Gasteiger partial charge >= 0.3 is 0 Å². The normalized spacial score (nSPS) is 10.7. The van der Waals surface area contributed by atoms with Crippen LogP contribution in [0.5, 0.6) is 0 Å². The number of nitrogens with zero attached hydrogens (tertiary/aromatic N) is 5. The summed E-state index contributed by atoms with van der Waals surface area (Å²) in [6, 6.07) is 10.4. The first-order valence-corrected chi connectivity index (χ1v) is 7.65. The van der Waals surface area contributed by atoms with E-state index in [2.05, 4.69) is 15.5 Å². The Kier molecular flexibility index (Phi) is 4.78. The molecule has 3 rings (SSSR count). The minimum atomic E-state index is -0.673. The van der Waals surface area contributed by atoms with Crippen LogP contribution in [0.3, 0.4) is 0 Å². The van der Waals surface area contributed by atoms with Crippen molar-refractivity contribution in [3.8, 4) is 5.69 Å². The summed E-state index contributed by atoms with van der Waals surface area (Å²) >= 11 is 0. The SMILES string of the molecule is CCN(Cc1c(F)cccc1F)C(=O)c1cccc(-n2cnnn2)c1. The summed E-state index contributed by atoms with van der Waals surface area (Å²) in [5.41, 5.74) is 0.866. The summed E-state index contributed by atoms with van der Waals surface area (Å²) in [6.07, 6.45) is 1.41. The average Bonchev–Trinajstić information content (AvgIpc) is 3.16. The van der Waals surface area contributed by atoms with Crippen LogP contribution in [0.1, 0.15) is 22.8 Å². The summed E-state index contributed by atoms with van der Waals surface area (Å²) < 4.78 is 29.1. The topological polar surface area (TPSA) is 63.9 Å². The van der Waals surface area contributed by atoms with E-state index in [1.807, 2.05) is 0 Å². The van der Waals surface area contributed by atoms with Crippen molar-refractivity contribution in [3.63, 3.8) is 0 Å². The molecule has 0 fully saturated rings. The molecule has 6 nitrogen and oxygen atoms in total. The van der Waals surface area contributed by atoms with Gasteiger partial charge in [0.25, 0.3) is 5.91 Å². The molecule has 1 amide bonds. The van der Waals surface area contributed by atoms with Gasteiger partial charge in [-0.3, -0.25) is 4.79 Å². The van der Waals surface area contributed by atoms with Gasteiger partial charge in [0.15, 0.2) is 0 Å². The third kappa shape index (κ3) is 3.52. The Labute approximate surface area is 142 Å². The number of rotatable bonds is 5. The molecule has 0 unspecified atom stereocenters. The molecule has 0 bridgehead atoms. The number of hydrogen-bond acceptors (Lipinski definition) is 4. The zero-order valence-electron chi connectivity index (χ0n) is 13.4. The summed E-state index contributed by atoms with van der Waals surface area (Å²) in [5.74, 6) is -1.68. The molecule has 8 heteroatoms. The van der Waals surface area contributed by atoms with E-state index >= 15 is 0 Å². The van der Waals surface area contributed by atoms with Gasteiger partial charge in [0.1, 0.15) is 18.0 Å². The standard InChI is InChI=1S/C17H15F2N5O/c1-2-23(10-14-15(18)7-4-8-16(14)19)17(25)12-5-3-6-13(9-12)24-11-20-21-22-24/h3-9,11H,2,10H2,1H3. The van der Waals surface area contributed by atoms with E-state index in [1.54, 1.807) is 31.2 Å². The highest BCUT2D eigenvalue weighted by atomic mass is 19.1. The molecule has 2 aromatic carbocycles. The van der Waals surface area contributed by atoms with Crippen molar-refractivity contribution in [1.29, 1.82) is 0 Å². The van der Waals surface area contributed by atoms with Crippen LogP contribution in [0, 0.1) is 11.6 Å². The number of aromatic nitrogens is 4. The molecule has 0 saturated heterocycles. The Balaban J connectivity index is 1.87. The van der Waals surface area contributed by atoms with Crippen molar-refractivity contribution < 1.29 is 13.6 Å². The molecule has 0 N–H and O–H groups in total. The predicted octanol–water partition coefficient (Wildman–Crippen LogP) is 2.60. The first-order valence-electron chi connectivity index (χ1n) is 7.65. The van der Waals surface area contributed by atoms with E-state index < -0.39 is 11.6 Å². The molecule has 0 spiro atoms. The van der Waals surface area contributed by atoms with Crippen LogP contribution < -0.4 is 0 Å². The van der Waals surface area contributed by atoms with Crippen LogP contribution in [-0.4, -0.2) is 37.6 Å². The molecule has 1 aromatic heterocycles. The molecule has 0 aliphatic rings. The Hall–Kier alpha value is -3.16. The Bertz CT molecular complexity index is 862. The van der Waals surface area contributed by atoms with Gasteiger partial charge in [-0.05, 0) is 47.7 Å². The summed E-state index contributed by atoms with van der Waals surface area (Å²) in [7, 11) is 0. The smallest absolute Gasteiger partial charge is 0.254 e. The highest BCUT2D eigenvalue weighted by molar-refractivity contribution is 5.94. The van der Waals surface area contributed by atoms with Crippen molar-refractivity contribution >= 4 is 5.91 Å². The molecule has 0 aliphatic carbocycles. The zero-order valence-corrected chi connectivity index (χ0v) is 13.4. The van der Waals surface area contributed by atoms with Crippen molar-refractivity contribution in [2.45, 2.75) is 13.5 Å². The van der Waals surface area contributed by atoms with Gasteiger partial charge < -0.3 is 4.90 Å². The van der Waals surface area contributed by atoms with Crippen molar-refractivity contribution in [1.82, 2.24) is 25.1 Å². The van der Waals surface area contributed by atoms with Crippen LogP contribution in [-0.2, 0) is 6.54 Å². The fraction of sp³-hybridized carbons (Fsp3) is 0.176. The van der Waals surface area contributed by atoms with Gasteiger partial charge in [-0.2, -0.15) is 0 Å². The van der Waals surface area contributed by atoms with Gasteiger partial charge in [0.2, 0.25) is 0 Å². The second-order valence-corrected chi connectivity index (χ2v) is 5.32. The maximum absolute atomic E-state index is 13.9. The fourth-order valence-electron chi connectivity index (χ4n) is 2.45. The number of carbonyl (C=O) groups excluding carboxylic acids is 1. The van der Waals surface area contributed by atoms with E-state index in [0.29, 0.717) is 17.8 Å². The van der Waals surface area contributed by atoms with E-state index in [9.17, 15) is 13.6 Å². The highest BCUT2D eigenvalue weighted by Crippen LogP contribution is 2.17. The number of carbonyl (C=O) groups is 1. The molecular formula is C17H15F2N5O. The van der Waals surface area contributed by atoms with Crippen LogP contribution in [0.25, 0.3) is 5.69 Å². The second-order valence-electron chi connectivity index (χ2n) is 5.32. The van der Waals surface area contributed by atoms with Crippen molar-refractivity contribution in [2.24, 2.45) is 0 Å². The van der Waals surface area contributed by atoms with E-state index in [1.165, 1.54) is 34.1 Å². The second kappa shape index (κ2) is 7.16. The summed E-state index contributed by atoms with van der Waals surface area (Å²) in [4.78, 5) is 14.1. The van der Waals surface area contributed by atoms with Crippen molar-refractivity contribution in [3.05, 3.63) is 71.6 Å². The molecule has 0 aliphatic heterocycles. The third-order valence-corrected chi connectivity index (χ3v) is 3.79. The maximum atomic E-state index is 13.9. The summed E-state index contributed by atoms with van der Waals surface area (Å²) in [5, 5.41) is 10.9. The lowest BCUT2D eigenvalue weighted by Crippen LogP contribution is -2.31. The predicted molar refractivity (Wildman–Crippen MR) is 85.9 cm³/mol. The first kappa shape index (κ1) is 16.7. The summed E-state index contributed by atoms with van der Waals surface area (Å²) in [6.45, 7) is 1.91. The van der Waals surface area contributed by atoms with Crippen LogP contribution in [0.4, 0.5) is 8.78 Å². The van der Waals surface area contributed by atoms with Crippen LogP contribution >= 0.6 is 0 Å².